The number of benzene rings is 4. The Morgan fingerprint density at radius 3 is 2.03 bits per heavy atom. The molecule has 3 aliphatic rings. The minimum atomic E-state index is 0.267. The summed E-state index contributed by atoms with van der Waals surface area (Å²) in [6.45, 7) is 1.39. The van der Waals surface area contributed by atoms with Crippen LogP contribution in [0.1, 0.15) is 29.0 Å². The van der Waals surface area contributed by atoms with Gasteiger partial charge in [-0.2, -0.15) is 0 Å². The highest BCUT2D eigenvalue weighted by Gasteiger charge is 2.41. The van der Waals surface area contributed by atoms with Crippen molar-refractivity contribution in [3.8, 4) is 33.8 Å². The lowest BCUT2D eigenvalue weighted by molar-refractivity contribution is 0.299. The summed E-state index contributed by atoms with van der Waals surface area (Å²) in [5.41, 5.74) is 11.5. The largest absolute Gasteiger partial charge is 0.492 e. The molecule has 0 fully saturated rings. The normalized spacial score (nSPS) is 17.7. The first-order valence-corrected chi connectivity index (χ1v) is 11.3. The first kappa shape index (κ1) is 17.9. The first-order valence-electron chi connectivity index (χ1n) is 11.3. The molecule has 2 aliphatic heterocycles. The Labute approximate surface area is 187 Å². The van der Waals surface area contributed by atoms with Crippen LogP contribution in [-0.2, 0) is 0 Å². The minimum absolute atomic E-state index is 0.267. The van der Waals surface area contributed by atoms with Crippen LogP contribution in [0.15, 0.2) is 91.0 Å². The third-order valence-electron chi connectivity index (χ3n) is 7.01. The van der Waals surface area contributed by atoms with E-state index in [-0.39, 0.29) is 5.92 Å². The summed E-state index contributed by atoms with van der Waals surface area (Å²) >= 11 is 0. The van der Waals surface area contributed by atoms with E-state index in [4.69, 9.17) is 9.47 Å². The summed E-state index contributed by atoms with van der Waals surface area (Å²) in [7, 11) is 0. The minimum Gasteiger partial charge on any atom is -0.492 e. The van der Waals surface area contributed by atoms with Gasteiger partial charge in [0.15, 0.2) is 0 Å². The quantitative estimate of drug-likeness (QED) is 0.345. The van der Waals surface area contributed by atoms with Crippen molar-refractivity contribution >= 4 is 11.1 Å². The third kappa shape index (κ3) is 2.47. The van der Waals surface area contributed by atoms with E-state index < -0.39 is 0 Å². The molecule has 2 nitrogen and oxygen atoms in total. The van der Waals surface area contributed by atoms with Crippen LogP contribution < -0.4 is 9.47 Å². The molecule has 1 unspecified atom stereocenters. The highest BCUT2D eigenvalue weighted by Crippen LogP contribution is 2.58. The van der Waals surface area contributed by atoms with Crippen LogP contribution in [0.2, 0.25) is 0 Å². The molecule has 2 heteroatoms. The average molecular weight is 415 g/mol. The number of hydrogen-bond acceptors (Lipinski definition) is 2. The lowest BCUT2D eigenvalue weighted by Gasteiger charge is -2.28. The van der Waals surface area contributed by atoms with Gasteiger partial charge in [-0.15, -0.1) is 0 Å². The van der Waals surface area contributed by atoms with Gasteiger partial charge in [0.1, 0.15) is 11.5 Å². The summed E-state index contributed by atoms with van der Waals surface area (Å²) in [4.78, 5) is 0. The van der Waals surface area contributed by atoms with E-state index in [0.29, 0.717) is 6.61 Å². The van der Waals surface area contributed by atoms with Crippen molar-refractivity contribution in [1.29, 1.82) is 0 Å². The summed E-state index contributed by atoms with van der Waals surface area (Å²) in [5, 5.41) is 0. The second-order valence-corrected chi connectivity index (χ2v) is 8.68. The molecule has 0 aromatic heterocycles. The molecule has 4 aromatic rings. The number of ether oxygens (including phenoxy) is 2. The van der Waals surface area contributed by atoms with E-state index in [1.807, 2.05) is 0 Å². The first-order chi connectivity index (χ1) is 15.9. The summed E-state index contributed by atoms with van der Waals surface area (Å²) in [6, 6.07) is 32.2. The van der Waals surface area contributed by atoms with E-state index in [0.717, 1.165) is 24.5 Å². The fourth-order valence-corrected chi connectivity index (χ4v) is 5.65. The molecular weight excluding hydrogens is 392 g/mol. The van der Waals surface area contributed by atoms with E-state index in [9.17, 15) is 0 Å². The van der Waals surface area contributed by atoms with Gasteiger partial charge in [0, 0.05) is 34.6 Å². The molecule has 7 rings (SSSR count). The summed E-state index contributed by atoms with van der Waals surface area (Å²) < 4.78 is 12.8. The zero-order chi connectivity index (χ0) is 21.1. The van der Waals surface area contributed by atoms with Crippen LogP contribution in [-0.4, -0.2) is 13.2 Å². The van der Waals surface area contributed by atoms with Crippen molar-refractivity contribution in [1.82, 2.24) is 0 Å². The molecule has 1 aliphatic carbocycles. The van der Waals surface area contributed by atoms with Crippen LogP contribution in [0.3, 0.4) is 0 Å². The number of rotatable bonds is 2. The number of hydrogen-bond donors (Lipinski definition) is 0. The molecule has 0 spiro atoms. The maximum Gasteiger partial charge on any atom is 0.134 e. The van der Waals surface area contributed by atoms with E-state index in [1.54, 1.807) is 0 Å². The summed E-state index contributed by atoms with van der Waals surface area (Å²) in [5.74, 6) is 2.32. The highest BCUT2D eigenvalue weighted by molar-refractivity contribution is 6.05. The van der Waals surface area contributed by atoms with Gasteiger partial charge in [0.25, 0.3) is 0 Å². The molecule has 4 aromatic carbocycles. The second kappa shape index (κ2) is 6.86. The Balaban J connectivity index is 1.45. The molecule has 0 amide bonds. The molecule has 154 valence electrons. The van der Waals surface area contributed by atoms with Gasteiger partial charge in [-0.05, 0) is 27.8 Å². The van der Waals surface area contributed by atoms with E-state index in [2.05, 4.69) is 91.0 Å². The van der Waals surface area contributed by atoms with Crippen LogP contribution >= 0.6 is 0 Å². The van der Waals surface area contributed by atoms with Crippen LogP contribution in [0.5, 0.6) is 11.5 Å². The standard InChI is InChI=1S/C30H22O2/c1-3-8-19(9-4-1)21-12-7-13-25-27-24-16-17-31-30-22(20-10-5-2-6-11-20)14-15-23(28(24)30)26(27)18-32-29(21)25/h1-15,26H,16-18H2. The second-order valence-electron chi connectivity index (χ2n) is 8.68. The SMILES string of the molecule is c1ccc(-c2cccc3c2OCC2C3=C3CCOc4c(-c5ccccc5)ccc2c43)cc1. The number of fused-ring (bicyclic) bond motifs is 4. The monoisotopic (exact) mass is 414 g/mol. The molecule has 1 atom stereocenters. The van der Waals surface area contributed by atoms with Gasteiger partial charge in [-0.1, -0.05) is 91.0 Å². The molecule has 0 saturated heterocycles. The van der Waals surface area contributed by atoms with Crippen molar-refractivity contribution in [2.75, 3.05) is 13.2 Å². The van der Waals surface area contributed by atoms with E-state index in [1.165, 1.54) is 50.1 Å². The zero-order valence-electron chi connectivity index (χ0n) is 17.7. The Morgan fingerprint density at radius 1 is 0.594 bits per heavy atom. The summed E-state index contributed by atoms with van der Waals surface area (Å²) in [6.07, 6.45) is 0.944. The maximum absolute atomic E-state index is 6.47. The lowest BCUT2D eigenvalue weighted by Crippen LogP contribution is -2.17. The molecule has 32 heavy (non-hydrogen) atoms. The Hall–Kier alpha value is -3.78. The Kier molecular flexibility index (Phi) is 3.83. The lowest BCUT2D eigenvalue weighted by atomic mass is 9.86. The molecule has 2 heterocycles. The average Bonchev–Trinajstić information content (AvgIpc) is 3.21. The van der Waals surface area contributed by atoms with Gasteiger partial charge < -0.3 is 9.47 Å². The third-order valence-corrected chi connectivity index (χ3v) is 7.01. The maximum atomic E-state index is 6.47. The van der Waals surface area contributed by atoms with Crippen LogP contribution in [0, 0.1) is 0 Å². The van der Waals surface area contributed by atoms with Crippen molar-refractivity contribution in [2.45, 2.75) is 12.3 Å². The fraction of sp³-hybridized carbons (Fsp3) is 0.133. The van der Waals surface area contributed by atoms with Gasteiger partial charge in [-0.3, -0.25) is 0 Å². The van der Waals surface area contributed by atoms with Gasteiger partial charge >= 0.3 is 0 Å². The number of para-hydroxylation sites is 1. The van der Waals surface area contributed by atoms with Crippen molar-refractivity contribution in [3.63, 3.8) is 0 Å². The topological polar surface area (TPSA) is 18.5 Å². The van der Waals surface area contributed by atoms with Crippen molar-refractivity contribution in [3.05, 3.63) is 108 Å². The predicted molar refractivity (Wildman–Crippen MR) is 129 cm³/mol. The van der Waals surface area contributed by atoms with E-state index >= 15 is 0 Å². The highest BCUT2D eigenvalue weighted by atomic mass is 16.5. The smallest absolute Gasteiger partial charge is 0.134 e. The van der Waals surface area contributed by atoms with Crippen LogP contribution in [0.25, 0.3) is 33.4 Å². The van der Waals surface area contributed by atoms with Crippen molar-refractivity contribution in [2.24, 2.45) is 0 Å². The molecule has 0 bridgehead atoms. The zero-order valence-corrected chi connectivity index (χ0v) is 17.7. The van der Waals surface area contributed by atoms with Gasteiger partial charge in [0.05, 0.1) is 13.2 Å². The van der Waals surface area contributed by atoms with Gasteiger partial charge in [-0.25, -0.2) is 0 Å². The molecule has 0 saturated carbocycles. The molecular formula is C30H22O2. The van der Waals surface area contributed by atoms with Gasteiger partial charge in [0.2, 0.25) is 0 Å². The fourth-order valence-electron chi connectivity index (χ4n) is 5.65. The molecule has 0 radical (unpaired) electrons. The Bertz CT molecular complexity index is 1380. The molecule has 0 N–H and O–H groups in total. The van der Waals surface area contributed by atoms with Crippen molar-refractivity contribution < 1.29 is 9.47 Å². The predicted octanol–water partition coefficient (Wildman–Crippen LogP) is 7.20. The van der Waals surface area contributed by atoms with Crippen LogP contribution in [0.4, 0.5) is 0 Å². The Morgan fingerprint density at radius 2 is 1.28 bits per heavy atom.